The Bertz CT molecular complexity index is 919. The first-order valence-electron chi connectivity index (χ1n) is 8.98. The quantitative estimate of drug-likeness (QED) is 0.498. The van der Waals surface area contributed by atoms with Crippen LogP contribution in [0, 0.1) is 6.92 Å². The van der Waals surface area contributed by atoms with Crippen LogP contribution < -0.4 is 21.3 Å². The van der Waals surface area contributed by atoms with Crippen molar-refractivity contribution in [3.63, 3.8) is 0 Å². The maximum Gasteiger partial charge on any atom is 0.319 e. The van der Waals surface area contributed by atoms with Gasteiger partial charge in [0.1, 0.15) is 0 Å². The van der Waals surface area contributed by atoms with E-state index in [1.807, 2.05) is 6.92 Å². The van der Waals surface area contributed by atoms with Crippen LogP contribution in [0.2, 0.25) is 10.0 Å². The molecule has 0 aliphatic rings. The topological polar surface area (TPSA) is 99.3 Å². The highest BCUT2D eigenvalue weighted by Gasteiger charge is 2.10. The Morgan fingerprint density at radius 2 is 1.45 bits per heavy atom. The standard InChI is InChI=1S/C20H22Cl2N4O3/c1-3-23-18(27)13-5-7-17(12(2)10-13)26-20(29)25-9-8-24-19(28)14-4-6-15(21)16(22)11-14/h4-7,10-11H,3,8-9H2,1-2H3,(H,23,27)(H,24,28)(H2,25,26,29). The van der Waals surface area contributed by atoms with E-state index in [4.69, 9.17) is 23.2 Å². The predicted molar refractivity (Wildman–Crippen MR) is 115 cm³/mol. The molecule has 4 amide bonds. The Morgan fingerprint density at radius 3 is 2.10 bits per heavy atom. The lowest BCUT2D eigenvalue weighted by Crippen LogP contribution is -2.36. The van der Waals surface area contributed by atoms with Crippen LogP contribution in [-0.2, 0) is 0 Å². The summed E-state index contributed by atoms with van der Waals surface area (Å²) < 4.78 is 0. The molecule has 0 radical (unpaired) electrons. The number of aryl methyl sites for hydroxylation is 1. The van der Waals surface area contributed by atoms with Crippen LogP contribution in [0.4, 0.5) is 10.5 Å². The van der Waals surface area contributed by atoms with Gasteiger partial charge in [-0.1, -0.05) is 23.2 Å². The molecule has 0 spiro atoms. The van der Waals surface area contributed by atoms with Crippen molar-refractivity contribution in [1.82, 2.24) is 16.0 Å². The number of nitrogens with one attached hydrogen (secondary N) is 4. The van der Waals surface area contributed by atoms with Gasteiger partial charge in [0.2, 0.25) is 0 Å². The predicted octanol–water partition coefficient (Wildman–Crippen LogP) is 3.60. The highest BCUT2D eigenvalue weighted by Crippen LogP contribution is 2.22. The number of halogens is 2. The highest BCUT2D eigenvalue weighted by molar-refractivity contribution is 6.42. The van der Waals surface area contributed by atoms with Gasteiger partial charge in [0, 0.05) is 36.4 Å². The molecule has 0 saturated carbocycles. The van der Waals surface area contributed by atoms with Crippen molar-refractivity contribution in [2.45, 2.75) is 13.8 Å². The molecule has 0 atom stereocenters. The molecule has 154 valence electrons. The largest absolute Gasteiger partial charge is 0.352 e. The van der Waals surface area contributed by atoms with Crippen LogP contribution in [-0.4, -0.2) is 37.5 Å². The Kier molecular flexibility index (Phi) is 8.30. The third kappa shape index (κ3) is 6.66. The summed E-state index contributed by atoms with van der Waals surface area (Å²) in [6.45, 7) is 4.66. The van der Waals surface area contributed by atoms with E-state index in [1.54, 1.807) is 37.3 Å². The van der Waals surface area contributed by atoms with Crippen LogP contribution >= 0.6 is 23.2 Å². The first-order chi connectivity index (χ1) is 13.8. The SMILES string of the molecule is CCNC(=O)c1ccc(NC(=O)NCCNC(=O)c2ccc(Cl)c(Cl)c2)c(C)c1. The minimum absolute atomic E-state index is 0.163. The van der Waals surface area contributed by atoms with Crippen molar-refractivity contribution in [3.05, 3.63) is 63.1 Å². The van der Waals surface area contributed by atoms with Crippen molar-refractivity contribution < 1.29 is 14.4 Å². The smallest absolute Gasteiger partial charge is 0.319 e. The molecule has 2 aromatic carbocycles. The monoisotopic (exact) mass is 436 g/mol. The molecule has 4 N–H and O–H groups in total. The average molecular weight is 437 g/mol. The van der Waals surface area contributed by atoms with Crippen molar-refractivity contribution in [2.24, 2.45) is 0 Å². The maximum atomic E-state index is 12.0. The van der Waals surface area contributed by atoms with E-state index in [9.17, 15) is 14.4 Å². The zero-order valence-electron chi connectivity index (χ0n) is 16.1. The lowest BCUT2D eigenvalue weighted by Gasteiger charge is -2.12. The summed E-state index contributed by atoms with van der Waals surface area (Å²) in [6, 6.07) is 9.20. The molecule has 0 saturated heterocycles. The number of carbonyl (C=O) groups excluding carboxylic acids is 3. The van der Waals surface area contributed by atoms with Gasteiger partial charge in [0.05, 0.1) is 10.0 Å². The fourth-order valence-electron chi connectivity index (χ4n) is 2.47. The summed E-state index contributed by atoms with van der Waals surface area (Å²) in [4.78, 5) is 35.9. The molecule has 0 aliphatic heterocycles. The van der Waals surface area contributed by atoms with E-state index in [2.05, 4.69) is 21.3 Å². The molecule has 7 nitrogen and oxygen atoms in total. The second kappa shape index (κ2) is 10.7. The Morgan fingerprint density at radius 1 is 0.828 bits per heavy atom. The van der Waals surface area contributed by atoms with Crippen molar-refractivity contribution in [3.8, 4) is 0 Å². The molecule has 2 rings (SSSR count). The molecule has 9 heteroatoms. The minimum atomic E-state index is -0.414. The van der Waals surface area contributed by atoms with Crippen LogP contribution in [0.3, 0.4) is 0 Å². The van der Waals surface area contributed by atoms with Crippen LogP contribution in [0.25, 0.3) is 0 Å². The maximum absolute atomic E-state index is 12.0. The Labute approximate surface area is 179 Å². The van der Waals surface area contributed by atoms with Gasteiger partial charge in [-0.15, -0.1) is 0 Å². The lowest BCUT2D eigenvalue weighted by molar-refractivity contribution is 0.0946. The molecule has 0 heterocycles. The number of rotatable bonds is 7. The van der Waals surface area contributed by atoms with E-state index in [-0.39, 0.29) is 24.9 Å². The number of anilines is 1. The van der Waals surface area contributed by atoms with Gasteiger partial charge in [0.25, 0.3) is 11.8 Å². The van der Waals surface area contributed by atoms with E-state index in [0.29, 0.717) is 33.4 Å². The molecule has 2 aromatic rings. The third-order valence-electron chi connectivity index (χ3n) is 3.95. The van der Waals surface area contributed by atoms with Crippen LogP contribution in [0.1, 0.15) is 33.2 Å². The number of amides is 4. The van der Waals surface area contributed by atoms with Crippen molar-refractivity contribution >= 4 is 46.7 Å². The molecule has 0 aliphatic carbocycles. The number of urea groups is 1. The van der Waals surface area contributed by atoms with Gasteiger partial charge >= 0.3 is 6.03 Å². The van der Waals surface area contributed by atoms with Gasteiger partial charge in [-0.05, 0) is 55.8 Å². The van der Waals surface area contributed by atoms with E-state index in [1.165, 1.54) is 6.07 Å². The second-order valence-corrected chi connectivity index (χ2v) is 6.97. The summed E-state index contributed by atoms with van der Waals surface area (Å²) in [6.07, 6.45) is 0. The molecule has 0 unspecified atom stereocenters. The van der Waals surface area contributed by atoms with E-state index in [0.717, 1.165) is 5.56 Å². The van der Waals surface area contributed by atoms with Crippen molar-refractivity contribution in [2.75, 3.05) is 25.0 Å². The van der Waals surface area contributed by atoms with Crippen LogP contribution in [0.15, 0.2) is 36.4 Å². The van der Waals surface area contributed by atoms with Gasteiger partial charge < -0.3 is 21.3 Å². The number of benzene rings is 2. The fraction of sp³-hybridized carbons (Fsp3) is 0.250. The molecule has 0 fully saturated rings. The van der Waals surface area contributed by atoms with Gasteiger partial charge in [-0.3, -0.25) is 9.59 Å². The zero-order chi connectivity index (χ0) is 21.4. The highest BCUT2D eigenvalue weighted by atomic mass is 35.5. The summed E-state index contributed by atoms with van der Waals surface area (Å²) in [5.74, 6) is -0.480. The number of hydrogen-bond acceptors (Lipinski definition) is 3. The second-order valence-electron chi connectivity index (χ2n) is 6.15. The van der Waals surface area contributed by atoms with Crippen molar-refractivity contribution in [1.29, 1.82) is 0 Å². The van der Waals surface area contributed by atoms with Crippen LogP contribution in [0.5, 0.6) is 0 Å². The van der Waals surface area contributed by atoms with E-state index >= 15 is 0 Å². The van der Waals surface area contributed by atoms with Gasteiger partial charge in [0.15, 0.2) is 0 Å². The number of hydrogen-bond donors (Lipinski definition) is 4. The van der Waals surface area contributed by atoms with E-state index < -0.39 is 6.03 Å². The first kappa shape index (κ1) is 22.5. The van der Waals surface area contributed by atoms with Gasteiger partial charge in [-0.2, -0.15) is 0 Å². The van der Waals surface area contributed by atoms with Gasteiger partial charge in [-0.25, -0.2) is 4.79 Å². The summed E-state index contributed by atoms with van der Waals surface area (Å²) in [5.41, 5.74) is 2.26. The molecule has 0 aromatic heterocycles. The summed E-state index contributed by atoms with van der Waals surface area (Å²) in [7, 11) is 0. The average Bonchev–Trinajstić information content (AvgIpc) is 2.69. The molecular weight excluding hydrogens is 415 g/mol. The first-order valence-corrected chi connectivity index (χ1v) is 9.74. The minimum Gasteiger partial charge on any atom is -0.352 e. The fourth-order valence-corrected chi connectivity index (χ4v) is 2.76. The third-order valence-corrected chi connectivity index (χ3v) is 4.69. The summed E-state index contributed by atoms with van der Waals surface area (Å²) in [5, 5.41) is 11.4. The molecular formula is C20H22Cl2N4O3. The summed E-state index contributed by atoms with van der Waals surface area (Å²) >= 11 is 11.7. The Hall–Kier alpha value is -2.77. The molecule has 29 heavy (non-hydrogen) atoms. The normalized spacial score (nSPS) is 10.2. The lowest BCUT2D eigenvalue weighted by atomic mass is 10.1. The number of carbonyl (C=O) groups is 3. The zero-order valence-corrected chi connectivity index (χ0v) is 17.6. The molecule has 0 bridgehead atoms. The Balaban J connectivity index is 1.79.